The lowest BCUT2D eigenvalue weighted by molar-refractivity contribution is 0.402. The van der Waals surface area contributed by atoms with E-state index in [0.717, 1.165) is 24.4 Å². The van der Waals surface area contributed by atoms with E-state index in [2.05, 4.69) is 25.7 Å². The van der Waals surface area contributed by atoms with E-state index in [0.29, 0.717) is 5.89 Å². The number of hydrogen-bond donors (Lipinski definition) is 2. The van der Waals surface area contributed by atoms with Crippen molar-refractivity contribution in [1.29, 1.82) is 0 Å². The lowest BCUT2D eigenvalue weighted by Gasteiger charge is -2.09. The van der Waals surface area contributed by atoms with Crippen LogP contribution >= 0.6 is 0 Å². The Bertz CT molecular complexity index is 456. The van der Waals surface area contributed by atoms with Crippen LogP contribution in [-0.2, 0) is 0 Å². The van der Waals surface area contributed by atoms with Gasteiger partial charge in [-0.2, -0.15) is 10.1 Å². The minimum Gasteiger partial charge on any atom is -0.334 e. The maximum atomic E-state index is 5.24. The average Bonchev–Trinajstić information content (AvgIpc) is 2.95. The molecule has 1 aliphatic rings. The minimum atomic E-state index is 0.224. The molecule has 17 heavy (non-hydrogen) atoms. The van der Waals surface area contributed by atoms with Gasteiger partial charge in [0.2, 0.25) is 0 Å². The molecule has 2 aromatic heterocycles. The van der Waals surface area contributed by atoms with Gasteiger partial charge < -0.3 is 9.84 Å². The minimum absolute atomic E-state index is 0.224. The van der Waals surface area contributed by atoms with Gasteiger partial charge in [0.1, 0.15) is 0 Å². The second kappa shape index (κ2) is 4.67. The molecule has 1 saturated heterocycles. The Morgan fingerprint density at radius 2 is 2.29 bits per heavy atom. The SMILES string of the molecule is c1n[nH]cc1-c1nc(C2CCCCCN2)no1. The van der Waals surface area contributed by atoms with Crippen molar-refractivity contribution in [3.63, 3.8) is 0 Å². The average molecular weight is 233 g/mol. The van der Waals surface area contributed by atoms with E-state index in [9.17, 15) is 0 Å². The van der Waals surface area contributed by atoms with Crippen LogP contribution in [0.4, 0.5) is 0 Å². The first-order valence-corrected chi connectivity index (χ1v) is 5.99. The van der Waals surface area contributed by atoms with Gasteiger partial charge in [-0.3, -0.25) is 5.10 Å². The highest BCUT2D eigenvalue weighted by Gasteiger charge is 2.20. The Kier molecular flexibility index (Phi) is 2.87. The van der Waals surface area contributed by atoms with E-state index in [1.807, 2.05) is 0 Å². The fourth-order valence-electron chi connectivity index (χ4n) is 2.11. The largest absolute Gasteiger partial charge is 0.334 e. The monoisotopic (exact) mass is 233 g/mol. The normalized spacial score (nSPS) is 21.3. The van der Waals surface area contributed by atoms with Crippen LogP contribution in [-0.4, -0.2) is 26.9 Å². The number of nitrogens with zero attached hydrogens (tertiary/aromatic N) is 3. The van der Waals surface area contributed by atoms with Crippen molar-refractivity contribution >= 4 is 0 Å². The molecule has 1 aliphatic heterocycles. The lowest BCUT2D eigenvalue weighted by Crippen LogP contribution is -2.21. The molecule has 90 valence electrons. The molecule has 0 saturated carbocycles. The zero-order valence-electron chi connectivity index (χ0n) is 9.52. The molecule has 0 amide bonds. The highest BCUT2D eigenvalue weighted by molar-refractivity contribution is 5.49. The molecule has 0 spiro atoms. The third-order valence-electron chi connectivity index (χ3n) is 3.06. The summed E-state index contributed by atoms with van der Waals surface area (Å²) >= 11 is 0. The van der Waals surface area contributed by atoms with Gasteiger partial charge in [0.05, 0.1) is 17.8 Å². The number of nitrogens with one attached hydrogen (secondary N) is 2. The molecule has 2 N–H and O–H groups in total. The van der Waals surface area contributed by atoms with E-state index in [4.69, 9.17) is 4.52 Å². The third-order valence-corrected chi connectivity index (χ3v) is 3.06. The summed E-state index contributed by atoms with van der Waals surface area (Å²) in [6.45, 7) is 1.03. The van der Waals surface area contributed by atoms with Crippen LogP contribution in [0.5, 0.6) is 0 Å². The number of rotatable bonds is 2. The highest BCUT2D eigenvalue weighted by atomic mass is 16.5. The molecule has 0 aliphatic carbocycles. The van der Waals surface area contributed by atoms with E-state index in [1.165, 1.54) is 19.3 Å². The molecule has 6 nitrogen and oxygen atoms in total. The molecule has 1 atom stereocenters. The standard InChI is InChI=1S/C11H15N5O/c1-2-4-9(12-5-3-1)10-15-11(17-16-10)8-6-13-14-7-8/h6-7,9,12H,1-5H2,(H,13,14). The highest BCUT2D eigenvalue weighted by Crippen LogP contribution is 2.23. The summed E-state index contributed by atoms with van der Waals surface area (Å²) in [5.74, 6) is 1.28. The molecule has 0 bridgehead atoms. The molecule has 1 fully saturated rings. The third kappa shape index (κ3) is 2.21. The van der Waals surface area contributed by atoms with E-state index in [1.54, 1.807) is 12.4 Å². The van der Waals surface area contributed by atoms with Gasteiger partial charge in [-0.05, 0) is 19.4 Å². The number of H-pyrrole nitrogens is 1. The molecule has 2 aromatic rings. The topological polar surface area (TPSA) is 79.6 Å². The quantitative estimate of drug-likeness (QED) is 0.824. The maximum Gasteiger partial charge on any atom is 0.261 e. The summed E-state index contributed by atoms with van der Waals surface area (Å²) in [6, 6.07) is 0.224. The molecule has 0 radical (unpaired) electrons. The fraction of sp³-hybridized carbons (Fsp3) is 0.545. The Morgan fingerprint density at radius 3 is 3.18 bits per heavy atom. The van der Waals surface area contributed by atoms with Crippen LogP contribution in [0.1, 0.15) is 37.5 Å². The van der Waals surface area contributed by atoms with Crippen LogP contribution in [0.15, 0.2) is 16.9 Å². The predicted molar refractivity (Wildman–Crippen MR) is 61.1 cm³/mol. The van der Waals surface area contributed by atoms with Gasteiger partial charge in [0.15, 0.2) is 5.82 Å². The van der Waals surface area contributed by atoms with Crippen molar-refractivity contribution < 1.29 is 4.52 Å². The molecule has 0 aromatic carbocycles. The smallest absolute Gasteiger partial charge is 0.261 e. The van der Waals surface area contributed by atoms with Crippen molar-refractivity contribution in [2.45, 2.75) is 31.7 Å². The zero-order chi connectivity index (χ0) is 11.5. The summed E-state index contributed by atoms with van der Waals surface area (Å²) in [5.41, 5.74) is 0.831. The number of hydrogen-bond acceptors (Lipinski definition) is 5. The van der Waals surface area contributed by atoms with Crippen molar-refractivity contribution in [3.8, 4) is 11.5 Å². The summed E-state index contributed by atoms with van der Waals surface area (Å²) in [6.07, 6.45) is 8.21. The summed E-state index contributed by atoms with van der Waals surface area (Å²) in [5, 5.41) is 14.1. The molecule has 6 heteroatoms. The first-order chi connectivity index (χ1) is 8.43. The van der Waals surface area contributed by atoms with Gasteiger partial charge in [0, 0.05) is 6.20 Å². The van der Waals surface area contributed by atoms with Crippen molar-refractivity contribution in [2.24, 2.45) is 0 Å². The Morgan fingerprint density at radius 1 is 1.29 bits per heavy atom. The van der Waals surface area contributed by atoms with Crippen LogP contribution in [0, 0.1) is 0 Å². The molecular weight excluding hydrogens is 218 g/mol. The fourth-order valence-corrected chi connectivity index (χ4v) is 2.11. The molecule has 3 heterocycles. The Labute approximate surface area is 98.8 Å². The maximum absolute atomic E-state index is 5.24. The van der Waals surface area contributed by atoms with Gasteiger partial charge in [0.25, 0.3) is 5.89 Å². The second-order valence-electron chi connectivity index (χ2n) is 4.30. The van der Waals surface area contributed by atoms with E-state index in [-0.39, 0.29) is 6.04 Å². The van der Waals surface area contributed by atoms with Crippen LogP contribution in [0.25, 0.3) is 11.5 Å². The summed E-state index contributed by atoms with van der Waals surface area (Å²) in [4.78, 5) is 4.42. The van der Waals surface area contributed by atoms with E-state index >= 15 is 0 Å². The van der Waals surface area contributed by atoms with Gasteiger partial charge in [-0.1, -0.05) is 18.0 Å². The zero-order valence-corrected chi connectivity index (χ0v) is 9.52. The number of aromatic nitrogens is 4. The summed E-state index contributed by atoms with van der Waals surface area (Å²) < 4.78 is 5.24. The first kappa shape index (κ1) is 10.5. The Hall–Kier alpha value is -1.69. The predicted octanol–water partition coefficient (Wildman–Crippen LogP) is 1.66. The van der Waals surface area contributed by atoms with Crippen LogP contribution < -0.4 is 5.32 Å². The summed E-state index contributed by atoms with van der Waals surface area (Å²) in [7, 11) is 0. The van der Waals surface area contributed by atoms with Crippen molar-refractivity contribution in [2.75, 3.05) is 6.54 Å². The Balaban J connectivity index is 1.79. The van der Waals surface area contributed by atoms with Crippen LogP contribution in [0.2, 0.25) is 0 Å². The second-order valence-corrected chi connectivity index (χ2v) is 4.30. The molecule has 1 unspecified atom stereocenters. The van der Waals surface area contributed by atoms with Gasteiger partial charge in [-0.25, -0.2) is 0 Å². The van der Waals surface area contributed by atoms with Gasteiger partial charge in [-0.15, -0.1) is 0 Å². The lowest BCUT2D eigenvalue weighted by atomic mass is 10.1. The van der Waals surface area contributed by atoms with Crippen molar-refractivity contribution in [1.82, 2.24) is 25.7 Å². The van der Waals surface area contributed by atoms with Crippen LogP contribution in [0.3, 0.4) is 0 Å². The molecular formula is C11H15N5O. The van der Waals surface area contributed by atoms with Crippen molar-refractivity contribution in [3.05, 3.63) is 18.2 Å². The number of aromatic amines is 1. The molecule has 3 rings (SSSR count). The first-order valence-electron chi connectivity index (χ1n) is 5.99. The van der Waals surface area contributed by atoms with E-state index < -0.39 is 0 Å². The van der Waals surface area contributed by atoms with Gasteiger partial charge >= 0.3 is 0 Å².